The fraction of sp³-hybridized carbons (Fsp3) is 0.600. The lowest BCUT2D eigenvalue weighted by atomic mass is 9.53. The molecule has 0 amide bonds. The van der Waals surface area contributed by atoms with Crippen molar-refractivity contribution < 1.29 is 5.11 Å². The maximum Gasteiger partial charge on any atom is 0.0881 e. The molecule has 0 unspecified atom stereocenters. The normalized spacial score (nSPS) is 44.6. The van der Waals surface area contributed by atoms with Crippen LogP contribution in [0.4, 0.5) is 0 Å². The van der Waals surface area contributed by atoms with E-state index in [0.717, 1.165) is 24.7 Å². The standard InChI is InChI=1S/C20H26O/c1-3-20(21)13-11-18-17-9-8-14-6-4-5-7-15(14)16(17)10-12-19(18,20)2/h3-7,16-18,21H,1,8-13H2,2H3/t16-,17-,18+,19+,20-/m1/s1. The van der Waals surface area contributed by atoms with Gasteiger partial charge in [-0.15, -0.1) is 6.58 Å². The van der Waals surface area contributed by atoms with Crippen molar-refractivity contribution in [1.82, 2.24) is 0 Å². The van der Waals surface area contributed by atoms with Crippen LogP contribution in [-0.2, 0) is 6.42 Å². The predicted octanol–water partition coefficient (Wildman–Crippen LogP) is 4.46. The molecule has 0 bridgehead atoms. The van der Waals surface area contributed by atoms with E-state index in [4.69, 9.17) is 0 Å². The Labute approximate surface area is 128 Å². The summed E-state index contributed by atoms with van der Waals surface area (Å²) in [6.45, 7) is 6.26. The molecule has 1 N–H and O–H groups in total. The summed E-state index contributed by atoms with van der Waals surface area (Å²) in [4.78, 5) is 0. The SMILES string of the molecule is C=C[C@@]1(O)CC[C@H]2[C@@H]3CCc4ccccc4[C@H]3CC[C@@]21C. The van der Waals surface area contributed by atoms with E-state index in [1.807, 2.05) is 6.08 Å². The highest BCUT2D eigenvalue weighted by atomic mass is 16.3. The highest BCUT2D eigenvalue weighted by molar-refractivity contribution is 5.35. The van der Waals surface area contributed by atoms with Crippen molar-refractivity contribution in [2.24, 2.45) is 17.3 Å². The first-order valence-electron chi connectivity index (χ1n) is 8.53. The summed E-state index contributed by atoms with van der Waals surface area (Å²) >= 11 is 0. The van der Waals surface area contributed by atoms with Crippen molar-refractivity contribution in [2.45, 2.75) is 57.0 Å². The zero-order valence-electron chi connectivity index (χ0n) is 13.0. The van der Waals surface area contributed by atoms with Crippen molar-refractivity contribution in [3.05, 3.63) is 48.0 Å². The van der Waals surface area contributed by atoms with E-state index in [0.29, 0.717) is 5.92 Å². The van der Waals surface area contributed by atoms with Gasteiger partial charge in [0.05, 0.1) is 5.60 Å². The lowest BCUT2D eigenvalue weighted by Crippen LogP contribution is -2.49. The van der Waals surface area contributed by atoms with Gasteiger partial charge in [-0.25, -0.2) is 0 Å². The van der Waals surface area contributed by atoms with Crippen LogP contribution in [-0.4, -0.2) is 10.7 Å². The first-order chi connectivity index (χ1) is 10.1. The molecule has 0 aliphatic heterocycles. The van der Waals surface area contributed by atoms with Crippen LogP contribution >= 0.6 is 0 Å². The molecule has 112 valence electrons. The molecule has 5 atom stereocenters. The monoisotopic (exact) mass is 282 g/mol. The minimum Gasteiger partial charge on any atom is -0.385 e. The Morgan fingerprint density at radius 1 is 1.19 bits per heavy atom. The third-order valence-corrected chi connectivity index (χ3v) is 7.19. The number of hydrogen-bond acceptors (Lipinski definition) is 1. The summed E-state index contributed by atoms with van der Waals surface area (Å²) in [5.74, 6) is 2.14. The molecule has 3 aliphatic rings. The molecule has 1 nitrogen and oxygen atoms in total. The molecular formula is C20H26O. The van der Waals surface area contributed by atoms with Crippen molar-refractivity contribution >= 4 is 0 Å². The smallest absolute Gasteiger partial charge is 0.0881 e. The molecular weight excluding hydrogens is 256 g/mol. The van der Waals surface area contributed by atoms with Gasteiger partial charge in [-0.1, -0.05) is 37.3 Å². The molecule has 4 rings (SSSR count). The van der Waals surface area contributed by atoms with Crippen LogP contribution in [0.25, 0.3) is 0 Å². The molecule has 0 heterocycles. The van der Waals surface area contributed by atoms with Gasteiger partial charge in [-0.3, -0.25) is 0 Å². The Morgan fingerprint density at radius 3 is 2.81 bits per heavy atom. The molecule has 21 heavy (non-hydrogen) atoms. The van der Waals surface area contributed by atoms with Gasteiger partial charge in [0.25, 0.3) is 0 Å². The number of aliphatic hydroxyl groups is 1. The molecule has 1 aromatic carbocycles. The van der Waals surface area contributed by atoms with Crippen LogP contribution < -0.4 is 0 Å². The van der Waals surface area contributed by atoms with E-state index in [1.54, 1.807) is 11.1 Å². The van der Waals surface area contributed by atoms with E-state index < -0.39 is 5.60 Å². The number of fused-ring (bicyclic) bond motifs is 5. The second-order valence-electron chi connectivity index (χ2n) is 7.74. The maximum atomic E-state index is 11.0. The molecule has 0 aromatic heterocycles. The van der Waals surface area contributed by atoms with Crippen LogP contribution in [0.3, 0.4) is 0 Å². The number of rotatable bonds is 1. The van der Waals surface area contributed by atoms with E-state index in [9.17, 15) is 5.11 Å². The van der Waals surface area contributed by atoms with E-state index >= 15 is 0 Å². The van der Waals surface area contributed by atoms with Gasteiger partial charge >= 0.3 is 0 Å². The minimum absolute atomic E-state index is 0.0438. The Hall–Kier alpha value is -1.08. The van der Waals surface area contributed by atoms with Gasteiger partial charge in [0.2, 0.25) is 0 Å². The average Bonchev–Trinajstić information content (AvgIpc) is 2.79. The quantitative estimate of drug-likeness (QED) is 0.754. The highest BCUT2D eigenvalue weighted by Crippen LogP contribution is 2.64. The first-order valence-corrected chi connectivity index (χ1v) is 8.53. The first kappa shape index (κ1) is 13.6. The van der Waals surface area contributed by atoms with Crippen LogP contribution in [0, 0.1) is 17.3 Å². The van der Waals surface area contributed by atoms with E-state index in [-0.39, 0.29) is 5.41 Å². The topological polar surface area (TPSA) is 20.2 Å². The Balaban J connectivity index is 1.73. The van der Waals surface area contributed by atoms with E-state index in [2.05, 4.69) is 37.8 Å². The summed E-state index contributed by atoms with van der Waals surface area (Å²) in [5.41, 5.74) is 2.58. The fourth-order valence-corrected chi connectivity index (χ4v) is 5.91. The van der Waals surface area contributed by atoms with Gasteiger partial charge < -0.3 is 5.11 Å². The van der Waals surface area contributed by atoms with Gasteiger partial charge in [0, 0.05) is 5.41 Å². The Bertz CT molecular complexity index is 577. The predicted molar refractivity (Wildman–Crippen MR) is 86.2 cm³/mol. The molecule has 0 spiro atoms. The molecule has 1 aromatic rings. The summed E-state index contributed by atoms with van der Waals surface area (Å²) in [5, 5.41) is 11.0. The average molecular weight is 282 g/mol. The second kappa shape index (κ2) is 4.46. The summed E-state index contributed by atoms with van der Waals surface area (Å²) in [6.07, 6.45) is 8.79. The van der Waals surface area contributed by atoms with Crippen LogP contribution in [0.5, 0.6) is 0 Å². The summed E-state index contributed by atoms with van der Waals surface area (Å²) in [7, 11) is 0. The van der Waals surface area contributed by atoms with Crippen molar-refractivity contribution in [1.29, 1.82) is 0 Å². The molecule has 3 aliphatic carbocycles. The third kappa shape index (κ3) is 1.67. The Kier molecular flexibility index (Phi) is 2.88. The van der Waals surface area contributed by atoms with Gasteiger partial charge in [-0.05, 0) is 67.4 Å². The van der Waals surface area contributed by atoms with Crippen molar-refractivity contribution in [2.75, 3.05) is 0 Å². The number of benzene rings is 1. The van der Waals surface area contributed by atoms with Crippen LogP contribution in [0.1, 0.15) is 56.1 Å². The summed E-state index contributed by atoms with van der Waals surface area (Å²) < 4.78 is 0. The number of aryl methyl sites for hydroxylation is 1. The third-order valence-electron chi connectivity index (χ3n) is 7.19. The van der Waals surface area contributed by atoms with Crippen LogP contribution in [0.15, 0.2) is 36.9 Å². The molecule has 0 saturated heterocycles. The maximum absolute atomic E-state index is 11.0. The van der Waals surface area contributed by atoms with Crippen molar-refractivity contribution in [3.8, 4) is 0 Å². The summed E-state index contributed by atoms with van der Waals surface area (Å²) in [6, 6.07) is 9.04. The largest absolute Gasteiger partial charge is 0.385 e. The lowest BCUT2D eigenvalue weighted by Gasteiger charge is -2.52. The minimum atomic E-state index is -0.639. The fourth-order valence-electron chi connectivity index (χ4n) is 5.91. The van der Waals surface area contributed by atoms with Crippen LogP contribution in [0.2, 0.25) is 0 Å². The van der Waals surface area contributed by atoms with Gasteiger partial charge in [-0.2, -0.15) is 0 Å². The molecule has 0 radical (unpaired) electrons. The molecule has 1 heteroatoms. The number of hydrogen-bond donors (Lipinski definition) is 1. The zero-order chi connectivity index (χ0) is 14.7. The highest BCUT2D eigenvalue weighted by Gasteiger charge is 2.60. The lowest BCUT2D eigenvalue weighted by molar-refractivity contribution is -0.0707. The second-order valence-corrected chi connectivity index (χ2v) is 7.74. The van der Waals surface area contributed by atoms with Gasteiger partial charge in [0.15, 0.2) is 0 Å². The van der Waals surface area contributed by atoms with Crippen molar-refractivity contribution in [3.63, 3.8) is 0 Å². The molecule has 2 saturated carbocycles. The molecule has 2 fully saturated rings. The zero-order valence-corrected chi connectivity index (χ0v) is 13.0. The Morgan fingerprint density at radius 2 is 2.00 bits per heavy atom. The van der Waals surface area contributed by atoms with E-state index in [1.165, 1.54) is 25.7 Å². The van der Waals surface area contributed by atoms with Gasteiger partial charge in [0.1, 0.15) is 0 Å².